The van der Waals surface area contributed by atoms with Gasteiger partial charge < -0.3 is 14.9 Å². The third kappa shape index (κ3) is 3.65. The molecule has 1 fully saturated rings. The summed E-state index contributed by atoms with van der Waals surface area (Å²) in [6.07, 6.45) is 1.56. The summed E-state index contributed by atoms with van der Waals surface area (Å²) >= 11 is 0. The van der Waals surface area contributed by atoms with Gasteiger partial charge in [0.2, 0.25) is 0 Å². The van der Waals surface area contributed by atoms with E-state index in [-0.39, 0.29) is 6.61 Å². The van der Waals surface area contributed by atoms with Gasteiger partial charge in [-0.1, -0.05) is 0 Å². The van der Waals surface area contributed by atoms with Gasteiger partial charge in [-0.3, -0.25) is 4.90 Å². The van der Waals surface area contributed by atoms with E-state index in [2.05, 4.69) is 28.9 Å². The summed E-state index contributed by atoms with van der Waals surface area (Å²) in [6, 6.07) is 1.52. The predicted octanol–water partition coefficient (Wildman–Crippen LogP) is 0.397. The maximum Gasteiger partial charge on any atom is 0.171 e. The Bertz CT molecular complexity index is 433. The zero-order valence-electron chi connectivity index (χ0n) is 12.2. The van der Waals surface area contributed by atoms with Crippen molar-refractivity contribution in [1.29, 1.82) is 0 Å². The van der Waals surface area contributed by atoms with Gasteiger partial charge >= 0.3 is 0 Å². The van der Waals surface area contributed by atoms with Crippen LogP contribution in [0, 0.1) is 5.82 Å². The summed E-state index contributed by atoms with van der Waals surface area (Å²) in [5, 5.41) is 9.11. The van der Waals surface area contributed by atoms with Gasteiger partial charge in [0.1, 0.15) is 0 Å². The predicted molar refractivity (Wildman–Crippen MR) is 77.3 cm³/mol. The van der Waals surface area contributed by atoms with E-state index < -0.39 is 5.82 Å². The number of hydrogen-bond donors (Lipinski definition) is 1. The first-order chi connectivity index (χ1) is 9.61. The molecule has 112 valence electrons. The van der Waals surface area contributed by atoms with Gasteiger partial charge in [-0.2, -0.15) is 0 Å². The van der Waals surface area contributed by atoms with Crippen LogP contribution in [-0.2, 0) is 6.61 Å². The molecule has 1 aliphatic heterocycles. The number of aliphatic hydroxyl groups is 1. The van der Waals surface area contributed by atoms with Crippen molar-refractivity contribution in [3.8, 4) is 0 Å². The molecule has 1 aromatic heterocycles. The molecule has 0 bridgehead atoms. The minimum Gasteiger partial charge on any atom is -0.392 e. The quantitative estimate of drug-likeness (QED) is 0.846. The molecule has 0 unspecified atom stereocenters. The number of pyridine rings is 1. The van der Waals surface area contributed by atoms with Crippen LogP contribution in [0.3, 0.4) is 0 Å². The molecule has 0 radical (unpaired) electrons. The second-order valence-corrected chi connectivity index (χ2v) is 5.40. The highest BCUT2D eigenvalue weighted by Gasteiger charge is 2.21. The monoisotopic (exact) mass is 282 g/mol. The Kier molecular flexibility index (Phi) is 5.28. The van der Waals surface area contributed by atoms with Crippen LogP contribution in [0.2, 0.25) is 0 Å². The van der Waals surface area contributed by atoms with Gasteiger partial charge in [-0.15, -0.1) is 0 Å². The van der Waals surface area contributed by atoms with Crippen LogP contribution in [0.5, 0.6) is 0 Å². The molecule has 2 rings (SSSR count). The number of aliphatic hydroxyl groups excluding tert-OH is 1. The van der Waals surface area contributed by atoms with Gasteiger partial charge in [0.25, 0.3) is 0 Å². The molecule has 1 aromatic rings. The number of anilines is 1. The summed E-state index contributed by atoms with van der Waals surface area (Å²) < 4.78 is 14.1. The lowest BCUT2D eigenvalue weighted by Gasteiger charge is -2.36. The zero-order chi connectivity index (χ0) is 14.5. The number of hydrogen-bond acceptors (Lipinski definition) is 5. The van der Waals surface area contributed by atoms with Crippen molar-refractivity contribution in [2.45, 2.75) is 6.61 Å². The fourth-order valence-corrected chi connectivity index (χ4v) is 2.34. The molecule has 0 saturated carbocycles. The van der Waals surface area contributed by atoms with Crippen molar-refractivity contribution < 1.29 is 9.50 Å². The van der Waals surface area contributed by atoms with Crippen LogP contribution < -0.4 is 4.90 Å². The summed E-state index contributed by atoms with van der Waals surface area (Å²) in [4.78, 5) is 10.6. The fraction of sp³-hybridized carbons (Fsp3) is 0.643. The SMILES string of the molecule is CN(C)CCN1CCN(c2nccc(CO)c2F)CC1. The Morgan fingerprint density at radius 2 is 2.00 bits per heavy atom. The molecule has 0 aromatic carbocycles. The number of halogens is 1. The molecule has 2 heterocycles. The van der Waals surface area contributed by atoms with E-state index in [1.54, 1.807) is 6.20 Å². The average Bonchev–Trinajstić information content (AvgIpc) is 2.46. The second-order valence-electron chi connectivity index (χ2n) is 5.40. The Balaban J connectivity index is 1.94. The first kappa shape index (κ1) is 15.2. The Morgan fingerprint density at radius 1 is 1.30 bits per heavy atom. The maximum atomic E-state index is 14.1. The third-order valence-corrected chi connectivity index (χ3v) is 3.66. The van der Waals surface area contributed by atoms with Gasteiger partial charge in [0.15, 0.2) is 11.6 Å². The van der Waals surface area contributed by atoms with E-state index in [1.807, 2.05) is 4.90 Å². The molecular formula is C14H23FN4O. The summed E-state index contributed by atoms with van der Waals surface area (Å²) in [5.41, 5.74) is 0.310. The van der Waals surface area contributed by atoms with E-state index in [0.29, 0.717) is 11.4 Å². The summed E-state index contributed by atoms with van der Waals surface area (Å²) in [5.74, 6) is -0.0273. The van der Waals surface area contributed by atoms with Crippen LogP contribution in [-0.4, -0.2) is 73.3 Å². The highest BCUT2D eigenvalue weighted by atomic mass is 19.1. The normalized spacial score (nSPS) is 16.9. The minimum atomic E-state index is -0.392. The van der Waals surface area contributed by atoms with Crippen molar-refractivity contribution in [1.82, 2.24) is 14.8 Å². The lowest BCUT2D eigenvalue weighted by molar-refractivity contribution is 0.228. The fourth-order valence-electron chi connectivity index (χ4n) is 2.34. The highest BCUT2D eigenvalue weighted by Crippen LogP contribution is 2.20. The molecule has 0 atom stereocenters. The van der Waals surface area contributed by atoms with Crippen LogP contribution in [0.25, 0.3) is 0 Å². The Hall–Kier alpha value is -1.24. The molecule has 1 N–H and O–H groups in total. The average molecular weight is 282 g/mol. The highest BCUT2D eigenvalue weighted by molar-refractivity contribution is 5.43. The smallest absolute Gasteiger partial charge is 0.171 e. The van der Waals surface area contributed by atoms with Gasteiger partial charge in [-0.25, -0.2) is 9.37 Å². The van der Waals surface area contributed by atoms with E-state index in [9.17, 15) is 4.39 Å². The second kappa shape index (κ2) is 6.97. The van der Waals surface area contributed by atoms with Crippen LogP contribution in [0.1, 0.15) is 5.56 Å². The topological polar surface area (TPSA) is 42.8 Å². The van der Waals surface area contributed by atoms with Crippen molar-refractivity contribution >= 4 is 5.82 Å². The van der Waals surface area contributed by atoms with E-state index in [1.165, 1.54) is 6.07 Å². The summed E-state index contributed by atoms with van der Waals surface area (Å²) in [6.45, 7) is 5.15. The molecule has 0 spiro atoms. The number of likely N-dealkylation sites (N-methyl/N-ethyl adjacent to an activating group) is 1. The van der Waals surface area contributed by atoms with E-state index in [0.717, 1.165) is 39.3 Å². The number of piperazine rings is 1. The van der Waals surface area contributed by atoms with Crippen molar-refractivity contribution in [3.05, 3.63) is 23.6 Å². The van der Waals surface area contributed by atoms with Crippen molar-refractivity contribution in [2.24, 2.45) is 0 Å². The van der Waals surface area contributed by atoms with Gasteiger partial charge in [0.05, 0.1) is 6.61 Å². The number of nitrogens with zero attached hydrogens (tertiary/aromatic N) is 4. The van der Waals surface area contributed by atoms with Crippen molar-refractivity contribution in [3.63, 3.8) is 0 Å². The molecular weight excluding hydrogens is 259 g/mol. The van der Waals surface area contributed by atoms with Crippen LogP contribution in [0.15, 0.2) is 12.3 Å². The largest absolute Gasteiger partial charge is 0.392 e. The molecule has 0 aliphatic carbocycles. The molecule has 0 amide bonds. The van der Waals surface area contributed by atoms with Crippen LogP contribution >= 0.6 is 0 Å². The number of aromatic nitrogens is 1. The maximum absolute atomic E-state index is 14.1. The molecule has 1 saturated heterocycles. The Labute approximate surface area is 119 Å². The van der Waals surface area contributed by atoms with E-state index in [4.69, 9.17) is 5.11 Å². The van der Waals surface area contributed by atoms with Crippen LogP contribution in [0.4, 0.5) is 10.2 Å². The summed E-state index contributed by atoms with van der Waals surface area (Å²) in [7, 11) is 4.13. The van der Waals surface area contributed by atoms with E-state index >= 15 is 0 Å². The third-order valence-electron chi connectivity index (χ3n) is 3.66. The molecule has 1 aliphatic rings. The first-order valence-corrected chi connectivity index (χ1v) is 6.98. The van der Waals surface area contributed by atoms with Gasteiger partial charge in [0, 0.05) is 51.0 Å². The lowest BCUT2D eigenvalue weighted by Crippen LogP contribution is -2.48. The Morgan fingerprint density at radius 3 is 2.60 bits per heavy atom. The lowest BCUT2D eigenvalue weighted by atomic mass is 10.2. The molecule has 20 heavy (non-hydrogen) atoms. The zero-order valence-corrected chi connectivity index (χ0v) is 12.2. The molecule has 5 nitrogen and oxygen atoms in total. The number of rotatable bonds is 5. The standard InChI is InChI=1S/C14H23FN4O/c1-17(2)5-6-18-7-9-19(10-8-18)14-13(15)12(11-20)3-4-16-14/h3-4,20H,5-11H2,1-2H3. The first-order valence-electron chi connectivity index (χ1n) is 6.98. The van der Waals surface area contributed by atoms with Gasteiger partial charge in [-0.05, 0) is 20.2 Å². The minimum absolute atomic E-state index is 0.288. The van der Waals surface area contributed by atoms with Crippen molar-refractivity contribution in [2.75, 3.05) is 58.3 Å². The molecule has 6 heteroatoms.